The second kappa shape index (κ2) is 3.54. The van der Waals surface area contributed by atoms with Crippen LogP contribution in [0.1, 0.15) is 5.82 Å². The smallest absolute Gasteiger partial charge is 0.208 e. The van der Waals surface area contributed by atoms with E-state index in [-0.39, 0.29) is 0 Å². The Morgan fingerprint density at radius 2 is 2.21 bits per heavy atom. The number of rotatable bonds is 2. The van der Waals surface area contributed by atoms with E-state index in [4.69, 9.17) is 5.73 Å². The average molecular weight is 208 g/mol. The summed E-state index contributed by atoms with van der Waals surface area (Å²) in [6.07, 6.45) is 3.03. The molecule has 0 aliphatic carbocycles. The molecule has 0 atom stereocenters. The minimum absolute atomic E-state index is 0.393. The van der Waals surface area contributed by atoms with Crippen LogP contribution in [0.5, 0.6) is 0 Å². The van der Waals surface area contributed by atoms with E-state index >= 15 is 0 Å². The Bertz CT molecular complexity index is 422. The van der Waals surface area contributed by atoms with Crippen molar-refractivity contribution in [2.24, 2.45) is 0 Å². The largest absolute Gasteiger partial charge is 0.382 e. The number of nitrogen functional groups attached to an aromatic ring is 1. The molecule has 2 rings (SSSR count). The van der Waals surface area contributed by atoms with Crippen LogP contribution in [0.25, 0.3) is 0 Å². The normalized spacial score (nSPS) is 10.1. The Labute approximate surface area is 84.4 Å². The zero-order chi connectivity index (χ0) is 9.97. The van der Waals surface area contributed by atoms with Crippen molar-refractivity contribution < 1.29 is 0 Å². The Balaban J connectivity index is 2.15. The highest BCUT2D eigenvalue weighted by molar-refractivity contribution is 7.09. The Kier molecular flexibility index (Phi) is 2.23. The van der Waals surface area contributed by atoms with E-state index in [0.29, 0.717) is 16.8 Å². The molecule has 7 heteroatoms. The van der Waals surface area contributed by atoms with Crippen molar-refractivity contribution in [1.82, 2.24) is 19.3 Å². The summed E-state index contributed by atoms with van der Waals surface area (Å²) in [5.41, 5.74) is 5.40. The molecule has 0 spiro atoms. The maximum Gasteiger partial charge on any atom is 0.208 e. The number of hydrogen-bond donors (Lipinski definition) is 2. The minimum atomic E-state index is 0.393. The lowest BCUT2D eigenvalue weighted by Gasteiger charge is -1.99. The van der Waals surface area contributed by atoms with Gasteiger partial charge in [0.2, 0.25) is 5.13 Å². The van der Waals surface area contributed by atoms with E-state index in [1.165, 1.54) is 17.7 Å². The lowest BCUT2D eigenvalue weighted by Crippen LogP contribution is -1.96. The molecule has 0 amide bonds. The lowest BCUT2D eigenvalue weighted by molar-refractivity contribution is 1.15. The van der Waals surface area contributed by atoms with Gasteiger partial charge < -0.3 is 11.1 Å². The third kappa shape index (κ3) is 1.94. The standard InChI is InChI=1S/C7H8N6S/c1-4-11-7(14-13-4)12-6-3-9-5(8)2-10-6/h2-3H,1H3,(H2,8,9)(H,10,11,12,13). The van der Waals surface area contributed by atoms with E-state index in [1.54, 1.807) is 6.20 Å². The summed E-state index contributed by atoms with van der Waals surface area (Å²) in [7, 11) is 0. The van der Waals surface area contributed by atoms with Gasteiger partial charge in [0.15, 0.2) is 5.82 Å². The van der Waals surface area contributed by atoms with Gasteiger partial charge in [-0.3, -0.25) is 0 Å². The summed E-state index contributed by atoms with van der Waals surface area (Å²) in [4.78, 5) is 12.0. The van der Waals surface area contributed by atoms with Gasteiger partial charge in [-0.05, 0) is 6.92 Å². The fourth-order valence-electron chi connectivity index (χ4n) is 0.860. The number of hydrogen-bond acceptors (Lipinski definition) is 7. The molecule has 0 bridgehead atoms. The molecule has 2 aromatic rings. The molecule has 0 unspecified atom stereocenters. The molecular weight excluding hydrogens is 200 g/mol. The minimum Gasteiger partial charge on any atom is -0.382 e. The molecule has 3 N–H and O–H groups in total. The van der Waals surface area contributed by atoms with Gasteiger partial charge >= 0.3 is 0 Å². The number of aryl methyl sites for hydroxylation is 1. The highest BCUT2D eigenvalue weighted by Crippen LogP contribution is 2.15. The van der Waals surface area contributed by atoms with Crippen molar-refractivity contribution in [3.05, 3.63) is 18.2 Å². The molecule has 0 aliphatic heterocycles. The second-order valence-electron chi connectivity index (χ2n) is 2.60. The van der Waals surface area contributed by atoms with Crippen molar-refractivity contribution in [1.29, 1.82) is 0 Å². The quantitative estimate of drug-likeness (QED) is 0.764. The molecule has 0 saturated carbocycles. The van der Waals surface area contributed by atoms with E-state index in [2.05, 4.69) is 24.6 Å². The van der Waals surface area contributed by atoms with Gasteiger partial charge in [0.1, 0.15) is 11.6 Å². The Morgan fingerprint density at radius 1 is 1.36 bits per heavy atom. The van der Waals surface area contributed by atoms with Gasteiger partial charge in [-0.15, -0.1) is 0 Å². The summed E-state index contributed by atoms with van der Waals surface area (Å²) in [5, 5.41) is 3.66. The molecule has 2 heterocycles. The van der Waals surface area contributed by atoms with Crippen LogP contribution >= 0.6 is 11.5 Å². The maximum atomic E-state index is 5.40. The molecular formula is C7H8N6S. The first-order valence-electron chi connectivity index (χ1n) is 3.89. The van der Waals surface area contributed by atoms with E-state index in [9.17, 15) is 0 Å². The second-order valence-corrected chi connectivity index (χ2v) is 3.35. The third-order valence-electron chi connectivity index (χ3n) is 1.43. The fraction of sp³-hybridized carbons (Fsp3) is 0.143. The molecule has 0 radical (unpaired) electrons. The maximum absolute atomic E-state index is 5.40. The summed E-state index contributed by atoms with van der Waals surface area (Å²) in [6, 6.07) is 0. The van der Waals surface area contributed by atoms with Crippen LogP contribution in [-0.2, 0) is 0 Å². The van der Waals surface area contributed by atoms with Crippen LogP contribution in [0, 0.1) is 6.92 Å². The van der Waals surface area contributed by atoms with Crippen LogP contribution in [0.3, 0.4) is 0 Å². The van der Waals surface area contributed by atoms with E-state index in [0.717, 1.165) is 5.82 Å². The zero-order valence-electron chi connectivity index (χ0n) is 7.43. The monoisotopic (exact) mass is 208 g/mol. The summed E-state index contributed by atoms with van der Waals surface area (Å²) < 4.78 is 4.03. The van der Waals surface area contributed by atoms with Crippen molar-refractivity contribution in [2.75, 3.05) is 11.1 Å². The number of nitrogens with one attached hydrogen (secondary N) is 1. The molecule has 14 heavy (non-hydrogen) atoms. The van der Waals surface area contributed by atoms with Crippen molar-refractivity contribution in [3.8, 4) is 0 Å². The summed E-state index contributed by atoms with van der Waals surface area (Å²) in [5.74, 6) is 1.74. The molecule has 0 fully saturated rings. The number of nitrogens with two attached hydrogens (primary N) is 1. The molecule has 0 aromatic carbocycles. The first-order chi connectivity index (χ1) is 6.74. The number of anilines is 3. The molecule has 0 saturated heterocycles. The lowest BCUT2D eigenvalue weighted by atomic mass is 10.6. The highest BCUT2D eigenvalue weighted by atomic mass is 32.1. The number of aromatic nitrogens is 4. The van der Waals surface area contributed by atoms with Crippen LogP contribution in [0.4, 0.5) is 16.8 Å². The predicted octanol–water partition coefficient (Wildman–Crippen LogP) is 0.962. The zero-order valence-corrected chi connectivity index (χ0v) is 8.25. The average Bonchev–Trinajstić information content (AvgIpc) is 2.56. The summed E-state index contributed by atoms with van der Waals surface area (Å²) >= 11 is 1.28. The van der Waals surface area contributed by atoms with Gasteiger partial charge in [0.05, 0.1) is 12.4 Å². The van der Waals surface area contributed by atoms with Crippen LogP contribution < -0.4 is 11.1 Å². The topological polar surface area (TPSA) is 89.6 Å². The number of nitrogens with zero attached hydrogens (tertiary/aromatic N) is 4. The first-order valence-corrected chi connectivity index (χ1v) is 4.66. The summed E-state index contributed by atoms with van der Waals surface area (Å²) in [6.45, 7) is 1.83. The van der Waals surface area contributed by atoms with Crippen LogP contribution in [0.15, 0.2) is 12.4 Å². The Morgan fingerprint density at radius 3 is 2.79 bits per heavy atom. The van der Waals surface area contributed by atoms with E-state index < -0.39 is 0 Å². The fourth-order valence-corrected chi connectivity index (χ4v) is 1.44. The Hall–Kier alpha value is -1.76. The molecule has 6 nitrogen and oxygen atoms in total. The van der Waals surface area contributed by atoms with Crippen LogP contribution in [-0.4, -0.2) is 19.3 Å². The van der Waals surface area contributed by atoms with Crippen molar-refractivity contribution in [3.63, 3.8) is 0 Å². The highest BCUT2D eigenvalue weighted by Gasteiger charge is 2.01. The van der Waals surface area contributed by atoms with Gasteiger partial charge in [-0.1, -0.05) is 0 Å². The molecule has 2 aromatic heterocycles. The van der Waals surface area contributed by atoms with E-state index in [1.807, 2.05) is 6.92 Å². The third-order valence-corrected chi connectivity index (χ3v) is 2.16. The predicted molar refractivity (Wildman–Crippen MR) is 54.4 cm³/mol. The first kappa shape index (κ1) is 8.82. The van der Waals surface area contributed by atoms with Gasteiger partial charge in [-0.2, -0.15) is 4.37 Å². The SMILES string of the molecule is Cc1nsc(Nc2cnc(N)cn2)n1. The van der Waals surface area contributed by atoms with Gasteiger partial charge in [0.25, 0.3) is 0 Å². The van der Waals surface area contributed by atoms with Gasteiger partial charge in [0, 0.05) is 11.5 Å². The van der Waals surface area contributed by atoms with Gasteiger partial charge in [-0.25, -0.2) is 15.0 Å². The van der Waals surface area contributed by atoms with Crippen molar-refractivity contribution >= 4 is 28.3 Å². The molecule has 72 valence electrons. The van der Waals surface area contributed by atoms with Crippen LogP contribution in [0.2, 0.25) is 0 Å². The van der Waals surface area contributed by atoms with Crippen molar-refractivity contribution in [2.45, 2.75) is 6.92 Å². The molecule has 0 aliphatic rings.